The molecule has 11 nitrogen and oxygen atoms in total. The maximum atomic E-state index is 13.4. The molecular formula is C64H115NO10. The van der Waals surface area contributed by atoms with Gasteiger partial charge in [0, 0.05) is 6.42 Å². The van der Waals surface area contributed by atoms with Gasteiger partial charge in [0.25, 0.3) is 0 Å². The smallest absolute Gasteiger partial charge is 0.306 e. The summed E-state index contributed by atoms with van der Waals surface area (Å²) in [6, 6.07) is -1.03. The average molecular weight is 1060 g/mol. The number of carbonyl (C=O) groups excluding carboxylic acids is 2. The Labute approximate surface area is 458 Å². The first kappa shape index (κ1) is 70.4. The number of hydrogen-bond donors (Lipinski definition) is 6. The standard InChI is InChI=1S/C64H115NO10/c1-4-7-10-13-16-19-22-24-26-28-30-31-33-36-39-42-45-48-51-57(68)63(72)65-55(56(67)50-47-44-41-38-35-21-18-15-12-9-6-3)54-73-64-62(61(71)60(70)58(53-66)74-64)75-59(69)52-49-46-43-40-37-34-32-29-27-25-23-20-17-14-11-8-5-2/h16-17,19-20,24-27,47,50,55-58,60-62,64,66-68,70-71H,4-15,18,21-23,28-46,48-49,51-54H2,1-3H3,(H,65,72)/b19-16-,20-17-,26-24-,27-25-,50-47+. The van der Waals surface area contributed by atoms with E-state index in [1.807, 2.05) is 6.08 Å². The summed E-state index contributed by atoms with van der Waals surface area (Å²) >= 11 is 0. The molecule has 0 aromatic rings. The van der Waals surface area contributed by atoms with E-state index in [0.717, 1.165) is 89.9 Å². The van der Waals surface area contributed by atoms with E-state index < -0.39 is 67.4 Å². The minimum absolute atomic E-state index is 0.113. The Balaban J connectivity index is 2.67. The van der Waals surface area contributed by atoms with E-state index in [-0.39, 0.29) is 19.4 Å². The first-order valence-corrected chi connectivity index (χ1v) is 31.1. The van der Waals surface area contributed by atoms with Gasteiger partial charge in [0.15, 0.2) is 12.4 Å². The minimum Gasteiger partial charge on any atom is -0.454 e. The molecule has 0 aromatic carbocycles. The quantitative estimate of drug-likeness (QED) is 0.0195. The Kier molecular flexibility index (Phi) is 48.9. The fourth-order valence-electron chi connectivity index (χ4n) is 9.42. The lowest BCUT2D eigenvalue weighted by Gasteiger charge is -2.41. The van der Waals surface area contributed by atoms with Gasteiger partial charge in [-0.1, -0.05) is 236 Å². The van der Waals surface area contributed by atoms with Crippen LogP contribution in [0.5, 0.6) is 0 Å². The van der Waals surface area contributed by atoms with Gasteiger partial charge in [0.2, 0.25) is 5.91 Å². The van der Waals surface area contributed by atoms with Crippen LogP contribution in [0.25, 0.3) is 0 Å². The third kappa shape index (κ3) is 40.2. The lowest BCUT2D eigenvalue weighted by molar-refractivity contribution is -0.305. The van der Waals surface area contributed by atoms with Crippen LogP contribution in [0.3, 0.4) is 0 Å². The molecule has 0 aromatic heterocycles. The number of allylic oxidation sites excluding steroid dienone is 9. The molecule has 1 amide bonds. The maximum Gasteiger partial charge on any atom is 0.306 e. The van der Waals surface area contributed by atoms with Crippen molar-refractivity contribution in [1.82, 2.24) is 5.32 Å². The van der Waals surface area contributed by atoms with Gasteiger partial charge in [-0.3, -0.25) is 9.59 Å². The van der Waals surface area contributed by atoms with Gasteiger partial charge >= 0.3 is 5.97 Å². The van der Waals surface area contributed by atoms with Gasteiger partial charge in [0.1, 0.15) is 24.4 Å². The first-order chi connectivity index (χ1) is 36.7. The van der Waals surface area contributed by atoms with Crippen LogP contribution in [0.1, 0.15) is 271 Å². The summed E-state index contributed by atoms with van der Waals surface area (Å²) in [5.41, 5.74) is 0. The molecule has 1 aliphatic heterocycles. The van der Waals surface area contributed by atoms with Crippen molar-refractivity contribution in [3.8, 4) is 0 Å². The molecule has 0 bridgehead atoms. The van der Waals surface area contributed by atoms with E-state index in [9.17, 15) is 35.1 Å². The van der Waals surface area contributed by atoms with Gasteiger partial charge in [0.05, 0.1) is 25.4 Å². The van der Waals surface area contributed by atoms with Crippen molar-refractivity contribution in [2.75, 3.05) is 13.2 Å². The molecule has 1 aliphatic rings. The van der Waals surface area contributed by atoms with Gasteiger partial charge in [-0.05, 0) is 89.9 Å². The van der Waals surface area contributed by atoms with Crippen LogP contribution >= 0.6 is 0 Å². The van der Waals surface area contributed by atoms with Crippen LogP contribution in [0.4, 0.5) is 0 Å². The van der Waals surface area contributed by atoms with E-state index in [1.54, 1.807) is 6.08 Å². The molecule has 0 radical (unpaired) electrons. The van der Waals surface area contributed by atoms with Crippen LogP contribution in [-0.4, -0.2) is 99.6 Å². The molecule has 0 aliphatic carbocycles. The molecule has 0 spiro atoms. The van der Waals surface area contributed by atoms with Crippen molar-refractivity contribution in [3.63, 3.8) is 0 Å². The molecule has 1 saturated heterocycles. The molecule has 1 rings (SSSR count). The molecular weight excluding hydrogens is 943 g/mol. The predicted octanol–water partition coefficient (Wildman–Crippen LogP) is 14.6. The minimum atomic E-state index is -1.62. The molecule has 1 fully saturated rings. The highest BCUT2D eigenvalue weighted by Gasteiger charge is 2.47. The third-order valence-electron chi connectivity index (χ3n) is 14.4. The van der Waals surface area contributed by atoms with Gasteiger partial charge in [-0.15, -0.1) is 0 Å². The van der Waals surface area contributed by atoms with E-state index in [0.29, 0.717) is 12.8 Å². The zero-order chi connectivity index (χ0) is 54.7. The van der Waals surface area contributed by atoms with Crippen molar-refractivity contribution in [3.05, 3.63) is 60.8 Å². The summed E-state index contributed by atoms with van der Waals surface area (Å²) in [6.07, 6.45) is 53.9. The number of rotatable bonds is 52. The summed E-state index contributed by atoms with van der Waals surface area (Å²) in [4.78, 5) is 26.5. The van der Waals surface area contributed by atoms with Gasteiger partial charge in [-0.25, -0.2) is 0 Å². The number of ether oxygens (including phenoxy) is 3. The Morgan fingerprint density at radius 2 is 0.920 bits per heavy atom. The Hall–Kier alpha value is -2.64. The SMILES string of the molecule is CCCCC/C=C\C/C=C\CCCCCCCCCCC(O)C(=O)NC(COC1OC(CO)C(O)C(O)C1OC(=O)CCCCCCCCC/C=C\C/C=C\CCCCC)C(O)/C=C/CCCCCCCCCCC. The summed E-state index contributed by atoms with van der Waals surface area (Å²) in [7, 11) is 0. The topological polar surface area (TPSA) is 175 Å². The second kappa shape index (κ2) is 52.1. The van der Waals surface area contributed by atoms with Crippen molar-refractivity contribution in [1.29, 1.82) is 0 Å². The largest absolute Gasteiger partial charge is 0.454 e. The Bertz CT molecular complexity index is 1450. The van der Waals surface area contributed by atoms with E-state index in [1.165, 1.54) is 135 Å². The van der Waals surface area contributed by atoms with E-state index in [4.69, 9.17) is 14.2 Å². The summed E-state index contributed by atoms with van der Waals surface area (Å²) < 4.78 is 17.6. The monoisotopic (exact) mass is 1060 g/mol. The highest BCUT2D eigenvalue weighted by molar-refractivity contribution is 5.80. The number of amides is 1. The highest BCUT2D eigenvalue weighted by Crippen LogP contribution is 2.26. The van der Waals surface area contributed by atoms with Crippen molar-refractivity contribution in [2.45, 2.75) is 320 Å². The molecule has 0 saturated carbocycles. The fourth-order valence-corrected chi connectivity index (χ4v) is 9.42. The molecule has 1 heterocycles. The maximum absolute atomic E-state index is 13.4. The highest BCUT2D eigenvalue weighted by atomic mass is 16.7. The second-order valence-electron chi connectivity index (χ2n) is 21.4. The van der Waals surface area contributed by atoms with E-state index in [2.05, 4.69) is 74.7 Å². The van der Waals surface area contributed by atoms with Crippen molar-refractivity contribution < 1.29 is 49.3 Å². The van der Waals surface area contributed by atoms with Gasteiger partial charge < -0.3 is 45.1 Å². The number of hydrogen-bond acceptors (Lipinski definition) is 10. The van der Waals surface area contributed by atoms with Crippen LogP contribution in [0.15, 0.2) is 60.8 Å². The Morgan fingerprint density at radius 1 is 0.520 bits per heavy atom. The number of aliphatic hydroxyl groups is 5. The molecule has 75 heavy (non-hydrogen) atoms. The fraction of sp³-hybridized carbons (Fsp3) is 0.812. The number of unbranched alkanes of at least 4 members (excludes halogenated alkanes) is 30. The third-order valence-corrected chi connectivity index (χ3v) is 14.4. The van der Waals surface area contributed by atoms with E-state index >= 15 is 0 Å². The number of carbonyl (C=O) groups is 2. The van der Waals surface area contributed by atoms with Crippen LogP contribution in [0.2, 0.25) is 0 Å². The molecule has 8 atom stereocenters. The molecule has 436 valence electrons. The van der Waals surface area contributed by atoms with Crippen molar-refractivity contribution >= 4 is 11.9 Å². The first-order valence-electron chi connectivity index (χ1n) is 31.1. The molecule has 8 unspecified atom stereocenters. The van der Waals surface area contributed by atoms with Gasteiger partial charge in [-0.2, -0.15) is 0 Å². The normalized spacial score (nSPS) is 19.6. The van der Waals surface area contributed by atoms with Crippen molar-refractivity contribution in [2.24, 2.45) is 0 Å². The lowest BCUT2D eigenvalue weighted by Crippen LogP contribution is -2.61. The number of esters is 1. The number of nitrogens with one attached hydrogen (secondary N) is 1. The summed E-state index contributed by atoms with van der Waals surface area (Å²) in [5, 5.41) is 56.9. The zero-order valence-electron chi connectivity index (χ0n) is 48.2. The van der Waals surface area contributed by atoms with Crippen LogP contribution in [0, 0.1) is 0 Å². The number of aliphatic hydroxyl groups excluding tert-OH is 5. The summed E-state index contributed by atoms with van der Waals surface area (Å²) in [6.45, 7) is 5.73. The Morgan fingerprint density at radius 3 is 1.39 bits per heavy atom. The summed E-state index contributed by atoms with van der Waals surface area (Å²) in [5.74, 6) is -1.20. The zero-order valence-corrected chi connectivity index (χ0v) is 48.2. The predicted molar refractivity (Wildman–Crippen MR) is 310 cm³/mol. The average Bonchev–Trinajstić information content (AvgIpc) is 3.41. The molecule has 6 N–H and O–H groups in total. The van der Waals surface area contributed by atoms with Crippen LogP contribution < -0.4 is 5.32 Å². The lowest BCUT2D eigenvalue weighted by atomic mass is 9.99. The van der Waals surface area contributed by atoms with Crippen LogP contribution in [-0.2, 0) is 23.8 Å². The molecule has 11 heteroatoms. The second-order valence-corrected chi connectivity index (χ2v) is 21.4.